The molecule has 1 aliphatic rings. The highest BCUT2D eigenvalue weighted by Gasteiger charge is 2.26. The van der Waals surface area contributed by atoms with Gasteiger partial charge in [-0.25, -0.2) is 9.97 Å². The molecule has 3 rings (SSSR count). The molecule has 1 fully saturated rings. The Morgan fingerprint density at radius 1 is 1.14 bits per heavy atom. The molecule has 2 aromatic rings. The number of carbonyl (C=O) groups excluding carboxylic acids is 1. The van der Waals surface area contributed by atoms with Gasteiger partial charge in [0.1, 0.15) is 6.54 Å². The minimum absolute atomic E-state index is 0.0929. The lowest BCUT2D eigenvalue weighted by atomic mass is 10.2. The second-order valence-electron chi connectivity index (χ2n) is 5.36. The van der Waals surface area contributed by atoms with Crippen LogP contribution in [0.15, 0.2) is 35.3 Å². The van der Waals surface area contributed by atoms with E-state index < -0.39 is 0 Å². The van der Waals surface area contributed by atoms with Gasteiger partial charge in [-0.3, -0.25) is 10.1 Å². The number of carbonyl (C=O) groups is 1. The van der Waals surface area contributed by atoms with E-state index in [1.165, 1.54) is 0 Å². The van der Waals surface area contributed by atoms with Gasteiger partial charge in [0.05, 0.1) is 0 Å². The number of hydrogen-bond acceptors (Lipinski definition) is 4. The van der Waals surface area contributed by atoms with Gasteiger partial charge in [0.15, 0.2) is 0 Å². The minimum Gasteiger partial charge on any atom is -0.303 e. The Bertz CT molecular complexity index is 749. The smallest absolute Gasteiger partial charge is 0.253 e. The van der Waals surface area contributed by atoms with E-state index in [1.54, 1.807) is 0 Å². The summed E-state index contributed by atoms with van der Waals surface area (Å²) < 4.78 is 0. The predicted octanol–water partition coefficient (Wildman–Crippen LogP) is 2.03. The first-order valence-corrected chi connectivity index (χ1v) is 7.06. The van der Waals surface area contributed by atoms with E-state index in [1.807, 2.05) is 56.0 Å². The van der Waals surface area contributed by atoms with Gasteiger partial charge in [-0.2, -0.15) is 4.99 Å². The van der Waals surface area contributed by atoms with Crippen LogP contribution >= 0.6 is 0 Å². The van der Waals surface area contributed by atoms with E-state index in [9.17, 15) is 4.79 Å². The fourth-order valence-corrected chi connectivity index (χ4v) is 2.40. The van der Waals surface area contributed by atoms with E-state index in [0.29, 0.717) is 11.9 Å². The molecular formula is C16H17N5O. The number of nitrogens with zero attached hydrogens (tertiary/aromatic N) is 4. The number of aliphatic imine (C=N–C) groups is 1. The zero-order chi connectivity index (χ0) is 15.7. The SMILES string of the molecule is Cc1cccc(N2CC(=O)N/C2=N\c2nc(C)cc(C)n2)c1. The van der Waals surface area contributed by atoms with Gasteiger partial charge in [0, 0.05) is 17.1 Å². The molecule has 22 heavy (non-hydrogen) atoms. The standard InChI is InChI=1S/C16H17N5O/c1-10-5-4-6-13(7-10)21-9-14(22)19-16(21)20-15-17-11(2)8-12(3)18-15/h4-8H,9H2,1-3H3,(H,17,18,19,20,22). The van der Waals surface area contributed by atoms with Crippen molar-refractivity contribution >= 4 is 23.5 Å². The molecule has 0 saturated carbocycles. The minimum atomic E-state index is -0.0929. The Hall–Kier alpha value is -2.76. The third kappa shape index (κ3) is 2.95. The number of amides is 1. The van der Waals surface area contributed by atoms with Gasteiger partial charge >= 0.3 is 0 Å². The van der Waals surface area contributed by atoms with Crippen molar-refractivity contribution in [2.24, 2.45) is 4.99 Å². The average Bonchev–Trinajstić information content (AvgIpc) is 2.78. The Morgan fingerprint density at radius 3 is 2.55 bits per heavy atom. The summed E-state index contributed by atoms with van der Waals surface area (Å²) in [6.07, 6.45) is 0. The van der Waals surface area contributed by atoms with Crippen LogP contribution < -0.4 is 10.2 Å². The average molecular weight is 295 g/mol. The highest BCUT2D eigenvalue weighted by Crippen LogP contribution is 2.19. The number of aryl methyl sites for hydroxylation is 3. The van der Waals surface area contributed by atoms with Gasteiger partial charge in [0.25, 0.3) is 5.95 Å². The Morgan fingerprint density at radius 2 is 1.86 bits per heavy atom. The number of hydrogen-bond donors (Lipinski definition) is 1. The maximum Gasteiger partial charge on any atom is 0.253 e. The largest absolute Gasteiger partial charge is 0.303 e. The Balaban J connectivity index is 2.00. The molecule has 1 N–H and O–H groups in total. The molecule has 0 bridgehead atoms. The van der Waals surface area contributed by atoms with Crippen molar-refractivity contribution < 1.29 is 4.79 Å². The summed E-state index contributed by atoms with van der Waals surface area (Å²) in [6, 6.07) is 9.82. The molecular weight excluding hydrogens is 278 g/mol. The summed E-state index contributed by atoms with van der Waals surface area (Å²) in [4.78, 5) is 26.6. The van der Waals surface area contributed by atoms with E-state index >= 15 is 0 Å². The first-order chi connectivity index (χ1) is 10.5. The van der Waals surface area contributed by atoms with Crippen molar-refractivity contribution in [2.45, 2.75) is 20.8 Å². The number of rotatable bonds is 2. The highest BCUT2D eigenvalue weighted by molar-refractivity contribution is 6.15. The van der Waals surface area contributed by atoms with Crippen LogP contribution in [0.3, 0.4) is 0 Å². The maximum atomic E-state index is 11.8. The molecule has 6 heteroatoms. The molecule has 0 spiro atoms. The normalized spacial score (nSPS) is 16.2. The van der Waals surface area contributed by atoms with Crippen LogP contribution in [0.1, 0.15) is 17.0 Å². The maximum absolute atomic E-state index is 11.8. The molecule has 112 valence electrons. The lowest BCUT2D eigenvalue weighted by Crippen LogP contribution is -2.30. The van der Waals surface area contributed by atoms with Crippen LogP contribution in [0.5, 0.6) is 0 Å². The molecule has 1 saturated heterocycles. The van der Waals surface area contributed by atoms with Gasteiger partial charge in [-0.1, -0.05) is 12.1 Å². The zero-order valence-corrected chi connectivity index (χ0v) is 12.8. The van der Waals surface area contributed by atoms with Crippen molar-refractivity contribution in [3.05, 3.63) is 47.3 Å². The number of aromatic nitrogens is 2. The molecule has 1 aromatic heterocycles. The van der Waals surface area contributed by atoms with Crippen LogP contribution in [0.25, 0.3) is 0 Å². The van der Waals surface area contributed by atoms with Crippen molar-refractivity contribution in [1.82, 2.24) is 15.3 Å². The summed E-state index contributed by atoms with van der Waals surface area (Å²) in [7, 11) is 0. The van der Waals surface area contributed by atoms with Gasteiger partial charge in [0.2, 0.25) is 11.9 Å². The van der Waals surface area contributed by atoms with Crippen LogP contribution in [0, 0.1) is 20.8 Å². The lowest BCUT2D eigenvalue weighted by molar-refractivity contribution is -0.117. The molecule has 1 aliphatic heterocycles. The first kappa shape index (κ1) is 14.2. The fraction of sp³-hybridized carbons (Fsp3) is 0.250. The summed E-state index contributed by atoms with van der Waals surface area (Å²) in [5, 5.41) is 2.77. The molecule has 1 amide bonds. The van der Waals surface area contributed by atoms with Gasteiger partial charge in [-0.05, 0) is 44.5 Å². The summed E-state index contributed by atoms with van der Waals surface area (Å²) >= 11 is 0. The molecule has 2 heterocycles. The second-order valence-corrected chi connectivity index (χ2v) is 5.36. The third-order valence-electron chi connectivity index (χ3n) is 3.30. The monoisotopic (exact) mass is 295 g/mol. The van der Waals surface area contributed by atoms with Crippen LogP contribution in [-0.4, -0.2) is 28.4 Å². The summed E-state index contributed by atoms with van der Waals surface area (Å²) in [5.41, 5.74) is 3.73. The van der Waals surface area contributed by atoms with E-state index in [-0.39, 0.29) is 12.5 Å². The number of benzene rings is 1. The first-order valence-electron chi connectivity index (χ1n) is 7.06. The second kappa shape index (κ2) is 5.55. The number of anilines is 1. The molecule has 1 aromatic carbocycles. The summed E-state index contributed by atoms with van der Waals surface area (Å²) in [5.74, 6) is 0.720. The van der Waals surface area contributed by atoms with Gasteiger partial charge < -0.3 is 4.90 Å². The van der Waals surface area contributed by atoms with Crippen molar-refractivity contribution in [2.75, 3.05) is 11.4 Å². The van der Waals surface area contributed by atoms with Crippen LogP contribution in [0.2, 0.25) is 0 Å². The molecule has 6 nitrogen and oxygen atoms in total. The topological polar surface area (TPSA) is 70.5 Å². The summed E-state index contributed by atoms with van der Waals surface area (Å²) in [6.45, 7) is 6.04. The van der Waals surface area contributed by atoms with E-state index in [4.69, 9.17) is 0 Å². The Labute approximate surface area is 128 Å². The van der Waals surface area contributed by atoms with Gasteiger partial charge in [-0.15, -0.1) is 0 Å². The number of guanidine groups is 1. The van der Waals surface area contributed by atoms with E-state index in [0.717, 1.165) is 22.6 Å². The van der Waals surface area contributed by atoms with Crippen LogP contribution in [0.4, 0.5) is 11.6 Å². The highest BCUT2D eigenvalue weighted by atomic mass is 16.2. The quantitative estimate of drug-likeness (QED) is 0.920. The van der Waals surface area contributed by atoms with Crippen molar-refractivity contribution in [3.63, 3.8) is 0 Å². The molecule has 0 aliphatic carbocycles. The van der Waals surface area contributed by atoms with Crippen molar-refractivity contribution in [1.29, 1.82) is 0 Å². The van der Waals surface area contributed by atoms with E-state index in [2.05, 4.69) is 20.3 Å². The number of nitrogens with one attached hydrogen (secondary N) is 1. The fourth-order valence-electron chi connectivity index (χ4n) is 2.40. The molecule has 0 atom stereocenters. The molecule has 0 radical (unpaired) electrons. The molecule has 0 unspecified atom stereocenters. The van der Waals surface area contributed by atoms with Crippen LogP contribution in [-0.2, 0) is 4.79 Å². The predicted molar refractivity (Wildman–Crippen MR) is 85.3 cm³/mol. The lowest BCUT2D eigenvalue weighted by Gasteiger charge is -2.16. The Kier molecular flexibility index (Phi) is 3.58. The zero-order valence-electron chi connectivity index (χ0n) is 12.8. The van der Waals surface area contributed by atoms with Crippen molar-refractivity contribution in [3.8, 4) is 0 Å². The third-order valence-corrected chi connectivity index (χ3v) is 3.30.